The molecule has 3 N–H and O–H groups in total. The van der Waals surface area contributed by atoms with Gasteiger partial charge in [-0.2, -0.15) is 5.10 Å². The Balaban J connectivity index is 2.09. The Morgan fingerprint density at radius 3 is 2.52 bits per heavy atom. The number of nitrogens with one attached hydrogen (secondary N) is 2. The van der Waals surface area contributed by atoms with Crippen LogP contribution in [0, 0.1) is 0 Å². The minimum Gasteiger partial charge on any atom is -0.465 e. The topological polar surface area (TPSA) is 96.2 Å². The van der Waals surface area contributed by atoms with E-state index in [2.05, 4.69) is 15.7 Å². The molecule has 2 rings (SSSR count). The van der Waals surface area contributed by atoms with Crippen LogP contribution < -0.4 is 10.6 Å². The second-order valence-corrected chi connectivity index (χ2v) is 4.42. The second-order valence-electron chi connectivity index (χ2n) is 4.42. The summed E-state index contributed by atoms with van der Waals surface area (Å²) in [5.41, 5.74) is 1.96. The lowest BCUT2D eigenvalue weighted by Gasteiger charge is -2.05. The van der Waals surface area contributed by atoms with Crippen molar-refractivity contribution in [3.63, 3.8) is 0 Å². The van der Waals surface area contributed by atoms with Crippen molar-refractivity contribution < 1.29 is 14.7 Å². The van der Waals surface area contributed by atoms with E-state index in [1.54, 1.807) is 17.9 Å². The number of aromatic nitrogens is 2. The highest BCUT2D eigenvalue weighted by Crippen LogP contribution is 2.22. The Hall–Kier alpha value is -2.83. The number of hydrogen-bond acceptors (Lipinski definition) is 3. The highest BCUT2D eigenvalue weighted by molar-refractivity contribution is 5.98. The van der Waals surface area contributed by atoms with Gasteiger partial charge < -0.3 is 15.7 Å². The van der Waals surface area contributed by atoms with Gasteiger partial charge in [0.2, 0.25) is 0 Å². The summed E-state index contributed by atoms with van der Waals surface area (Å²) in [6.45, 7) is 0.352. The number of carbonyl (C=O) groups is 2. The number of nitrogens with zero attached hydrogens (tertiary/aromatic N) is 2. The fourth-order valence-corrected chi connectivity index (χ4v) is 1.91. The van der Waals surface area contributed by atoms with E-state index in [1.165, 1.54) is 0 Å². The number of amides is 2. The minimum atomic E-state index is -1.12. The molecule has 110 valence electrons. The first-order valence-electron chi connectivity index (χ1n) is 6.42. The maximum Gasteiger partial charge on any atom is 0.404 e. The van der Waals surface area contributed by atoms with Gasteiger partial charge in [0, 0.05) is 31.9 Å². The van der Waals surface area contributed by atoms with Crippen molar-refractivity contribution in [2.45, 2.75) is 0 Å². The van der Waals surface area contributed by atoms with Crippen molar-refractivity contribution in [2.75, 3.05) is 13.1 Å². The van der Waals surface area contributed by atoms with Crippen molar-refractivity contribution in [1.82, 2.24) is 20.4 Å². The summed E-state index contributed by atoms with van der Waals surface area (Å²) in [6.07, 6.45) is 0.659. The van der Waals surface area contributed by atoms with Crippen LogP contribution >= 0.6 is 0 Å². The third-order valence-electron chi connectivity index (χ3n) is 2.82. The molecule has 7 heteroatoms. The minimum absolute atomic E-state index is 0.147. The molecule has 0 saturated heterocycles. The van der Waals surface area contributed by atoms with E-state index in [4.69, 9.17) is 5.11 Å². The van der Waals surface area contributed by atoms with Crippen LogP contribution in [0.1, 0.15) is 10.5 Å². The number of hydrogen-bond donors (Lipinski definition) is 3. The molecule has 0 saturated carbocycles. The fraction of sp³-hybridized carbons (Fsp3) is 0.214. The molecular weight excluding hydrogens is 272 g/mol. The van der Waals surface area contributed by atoms with Gasteiger partial charge >= 0.3 is 6.09 Å². The summed E-state index contributed by atoms with van der Waals surface area (Å²) in [7, 11) is 1.75. The molecule has 0 unspecified atom stereocenters. The predicted molar refractivity (Wildman–Crippen MR) is 77.0 cm³/mol. The molecule has 1 aromatic heterocycles. The van der Waals surface area contributed by atoms with Crippen LogP contribution in [0.2, 0.25) is 0 Å². The first-order valence-corrected chi connectivity index (χ1v) is 6.42. The second kappa shape index (κ2) is 6.56. The molecule has 0 radical (unpaired) electrons. The number of carbonyl (C=O) groups excluding carboxylic acids is 1. The predicted octanol–water partition coefficient (Wildman–Crippen LogP) is 1.08. The SMILES string of the molecule is Cn1cc(-c2ccccc2)c(C(=O)NCCNC(=O)O)n1. The zero-order valence-electron chi connectivity index (χ0n) is 11.5. The summed E-state index contributed by atoms with van der Waals surface area (Å²) in [6, 6.07) is 9.48. The van der Waals surface area contributed by atoms with E-state index in [-0.39, 0.29) is 19.0 Å². The summed E-state index contributed by atoms with van der Waals surface area (Å²) in [4.78, 5) is 22.5. The lowest BCUT2D eigenvalue weighted by atomic mass is 10.1. The van der Waals surface area contributed by atoms with E-state index in [9.17, 15) is 9.59 Å². The van der Waals surface area contributed by atoms with Crippen LogP contribution in [0.4, 0.5) is 4.79 Å². The molecule has 0 bridgehead atoms. The molecule has 1 aromatic carbocycles. The summed E-state index contributed by atoms with van der Waals surface area (Å²) in [5, 5.41) is 17.4. The van der Waals surface area contributed by atoms with Crippen LogP contribution in [0.3, 0.4) is 0 Å². The lowest BCUT2D eigenvalue weighted by Crippen LogP contribution is -2.34. The van der Waals surface area contributed by atoms with Gasteiger partial charge in [0.25, 0.3) is 5.91 Å². The molecule has 0 aliphatic heterocycles. The molecule has 2 amide bonds. The van der Waals surface area contributed by atoms with Gasteiger partial charge in [0.1, 0.15) is 0 Å². The quantitative estimate of drug-likeness (QED) is 0.717. The van der Waals surface area contributed by atoms with Gasteiger partial charge in [0.15, 0.2) is 5.69 Å². The maximum atomic E-state index is 12.1. The Morgan fingerprint density at radius 1 is 1.19 bits per heavy atom. The molecule has 2 aromatic rings. The molecule has 0 spiro atoms. The molecule has 21 heavy (non-hydrogen) atoms. The molecule has 0 aliphatic rings. The lowest BCUT2D eigenvalue weighted by molar-refractivity contribution is 0.0948. The number of aryl methyl sites for hydroxylation is 1. The van der Waals surface area contributed by atoms with E-state index in [0.29, 0.717) is 5.69 Å². The van der Waals surface area contributed by atoms with Gasteiger partial charge in [-0.15, -0.1) is 0 Å². The Labute approximate surface area is 121 Å². The van der Waals surface area contributed by atoms with Crippen LogP contribution in [0.25, 0.3) is 11.1 Å². The standard InChI is InChI=1S/C14H16N4O3/c1-18-9-11(10-5-3-2-4-6-10)12(17-18)13(19)15-7-8-16-14(20)21/h2-6,9,16H,7-8H2,1H3,(H,15,19)(H,20,21). The Bertz CT molecular complexity index is 637. The Morgan fingerprint density at radius 2 is 1.86 bits per heavy atom. The largest absolute Gasteiger partial charge is 0.465 e. The van der Waals surface area contributed by atoms with Crippen molar-refractivity contribution in [1.29, 1.82) is 0 Å². The highest BCUT2D eigenvalue weighted by Gasteiger charge is 2.16. The highest BCUT2D eigenvalue weighted by atomic mass is 16.4. The summed E-state index contributed by atoms with van der Waals surface area (Å²) in [5.74, 6) is -0.332. The van der Waals surface area contributed by atoms with Crippen LogP contribution in [0.5, 0.6) is 0 Å². The first-order chi connectivity index (χ1) is 10.1. The average molecular weight is 288 g/mol. The van der Waals surface area contributed by atoms with E-state index >= 15 is 0 Å². The third-order valence-corrected chi connectivity index (χ3v) is 2.82. The molecular formula is C14H16N4O3. The van der Waals surface area contributed by atoms with Gasteiger partial charge in [0.05, 0.1) is 0 Å². The van der Waals surface area contributed by atoms with E-state index in [0.717, 1.165) is 11.1 Å². The monoisotopic (exact) mass is 288 g/mol. The summed E-state index contributed by atoms with van der Waals surface area (Å²) >= 11 is 0. The first kappa shape index (κ1) is 14.6. The van der Waals surface area contributed by atoms with Crippen LogP contribution in [-0.4, -0.2) is 40.0 Å². The van der Waals surface area contributed by atoms with Crippen molar-refractivity contribution >= 4 is 12.0 Å². The van der Waals surface area contributed by atoms with E-state index in [1.807, 2.05) is 30.3 Å². The molecule has 0 atom stereocenters. The number of rotatable bonds is 5. The van der Waals surface area contributed by atoms with Crippen molar-refractivity contribution in [2.24, 2.45) is 7.05 Å². The zero-order chi connectivity index (χ0) is 15.2. The van der Waals surface area contributed by atoms with Gasteiger partial charge in [-0.25, -0.2) is 4.79 Å². The molecule has 1 heterocycles. The van der Waals surface area contributed by atoms with Gasteiger partial charge in [-0.1, -0.05) is 30.3 Å². The normalized spacial score (nSPS) is 10.1. The molecule has 0 fully saturated rings. The van der Waals surface area contributed by atoms with E-state index < -0.39 is 6.09 Å². The fourth-order valence-electron chi connectivity index (χ4n) is 1.91. The third kappa shape index (κ3) is 3.82. The average Bonchev–Trinajstić information content (AvgIpc) is 2.86. The number of benzene rings is 1. The molecule has 7 nitrogen and oxygen atoms in total. The summed E-state index contributed by atoms with van der Waals surface area (Å²) < 4.78 is 1.58. The zero-order valence-corrected chi connectivity index (χ0v) is 11.5. The van der Waals surface area contributed by atoms with Gasteiger partial charge in [-0.3, -0.25) is 9.48 Å². The maximum absolute atomic E-state index is 12.1. The van der Waals surface area contributed by atoms with Crippen molar-refractivity contribution in [3.8, 4) is 11.1 Å². The van der Waals surface area contributed by atoms with Crippen LogP contribution in [0.15, 0.2) is 36.5 Å². The van der Waals surface area contributed by atoms with Crippen molar-refractivity contribution in [3.05, 3.63) is 42.2 Å². The van der Waals surface area contributed by atoms with Crippen LogP contribution in [-0.2, 0) is 7.05 Å². The molecule has 0 aliphatic carbocycles. The van der Waals surface area contributed by atoms with Gasteiger partial charge in [-0.05, 0) is 5.56 Å². The smallest absolute Gasteiger partial charge is 0.404 e. The Kier molecular flexibility index (Phi) is 4.55. The number of carboxylic acid groups (broad SMARTS) is 1.